The number of ether oxygens (including phenoxy) is 1. The minimum absolute atomic E-state index is 0.125. The lowest BCUT2D eigenvalue weighted by molar-refractivity contribution is -0.121. The van der Waals surface area contributed by atoms with Crippen LogP contribution in [0.5, 0.6) is 0 Å². The summed E-state index contributed by atoms with van der Waals surface area (Å²) in [7, 11) is 1.59. The van der Waals surface area contributed by atoms with Crippen LogP contribution in [0.15, 0.2) is 18.7 Å². The van der Waals surface area contributed by atoms with Crippen LogP contribution in [0.2, 0.25) is 0 Å². The van der Waals surface area contributed by atoms with Gasteiger partial charge in [-0.1, -0.05) is 0 Å². The third-order valence-electron chi connectivity index (χ3n) is 2.57. The molecule has 1 atom stereocenters. The Bertz CT molecular complexity index is 555. The van der Waals surface area contributed by atoms with E-state index in [1.54, 1.807) is 37.2 Å². The van der Waals surface area contributed by atoms with Gasteiger partial charge in [-0.05, 0) is 6.92 Å². The third-order valence-corrected chi connectivity index (χ3v) is 2.57. The molecule has 0 spiro atoms. The number of amides is 1. The predicted molar refractivity (Wildman–Crippen MR) is 68.8 cm³/mol. The van der Waals surface area contributed by atoms with Gasteiger partial charge in [-0.2, -0.15) is 0 Å². The van der Waals surface area contributed by atoms with Gasteiger partial charge < -0.3 is 15.4 Å². The molecule has 0 bridgehead atoms. The molecule has 1 amide bonds. The minimum atomic E-state index is -0.424. The fourth-order valence-corrected chi connectivity index (χ4v) is 1.56. The summed E-state index contributed by atoms with van der Waals surface area (Å²) < 4.78 is 6.60. The van der Waals surface area contributed by atoms with E-state index in [1.807, 2.05) is 0 Å². The van der Waals surface area contributed by atoms with Crippen LogP contribution in [0, 0.1) is 0 Å². The highest BCUT2D eigenvalue weighted by atomic mass is 16.5. The Morgan fingerprint density at radius 2 is 2.42 bits per heavy atom. The fourth-order valence-electron chi connectivity index (χ4n) is 1.56. The van der Waals surface area contributed by atoms with Gasteiger partial charge in [-0.3, -0.25) is 9.20 Å². The molecule has 0 aliphatic rings. The number of nitrogens with one attached hydrogen (secondary N) is 2. The Balaban J connectivity index is 2.00. The predicted octanol–water partition coefficient (Wildman–Crippen LogP) is -0.313. The van der Waals surface area contributed by atoms with Crippen molar-refractivity contribution in [1.82, 2.24) is 24.9 Å². The maximum atomic E-state index is 11.8. The molecule has 0 saturated carbocycles. The SMILES string of the molecule is COCCNC(=O)C(C)Nc1nccn2cnnc12. The number of rotatable bonds is 6. The second kappa shape index (κ2) is 6.10. The van der Waals surface area contributed by atoms with E-state index in [1.165, 1.54) is 0 Å². The lowest BCUT2D eigenvalue weighted by atomic mass is 10.3. The quantitative estimate of drug-likeness (QED) is 0.695. The number of hydrogen-bond donors (Lipinski definition) is 2. The Morgan fingerprint density at radius 3 is 3.21 bits per heavy atom. The summed E-state index contributed by atoms with van der Waals surface area (Å²) in [5.74, 6) is 0.398. The number of anilines is 1. The van der Waals surface area contributed by atoms with Crippen molar-refractivity contribution in [3.8, 4) is 0 Å². The molecule has 102 valence electrons. The maximum absolute atomic E-state index is 11.8. The van der Waals surface area contributed by atoms with Gasteiger partial charge in [-0.15, -0.1) is 10.2 Å². The molecular formula is C11H16N6O2. The lowest BCUT2D eigenvalue weighted by Gasteiger charge is -2.14. The minimum Gasteiger partial charge on any atom is -0.383 e. The molecule has 2 rings (SSSR count). The number of carbonyl (C=O) groups is 1. The summed E-state index contributed by atoms with van der Waals surface area (Å²) in [6, 6.07) is -0.424. The van der Waals surface area contributed by atoms with Crippen LogP contribution in [0.25, 0.3) is 5.65 Å². The van der Waals surface area contributed by atoms with E-state index < -0.39 is 6.04 Å². The fraction of sp³-hybridized carbons (Fsp3) is 0.455. The Kier molecular flexibility index (Phi) is 4.24. The number of methoxy groups -OCH3 is 1. The molecule has 0 radical (unpaired) electrons. The van der Waals surface area contributed by atoms with E-state index in [2.05, 4.69) is 25.8 Å². The Morgan fingerprint density at radius 1 is 1.58 bits per heavy atom. The second-order valence-electron chi connectivity index (χ2n) is 3.99. The number of carbonyl (C=O) groups excluding carboxylic acids is 1. The zero-order chi connectivity index (χ0) is 13.7. The van der Waals surface area contributed by atoms with E-state index in [0.29, 0.717) is 24.6 Å². The number of fused-ring (bicyclic) bond motifs is 1. The first-order valence-corrected chi connectivity index (χ1v) is 5.90. The molecular weight excluding hydrogens is 248 g/mol. The van der Waals surface area contributed by atoms with Crippen molar-refractivity contribution in [2.45, 2.75) is 13.0 Å². The van der Waals surface area contributed by atoms with Crippen molar-refractivity contribution in [3.05, 3.63) is 18.7 Å². The van der Waals surface area contributed by atoms with Gasteiger partial charge >= 0.3 is 0 Å². The van der Waals surface area contributed by atoms with Crippen molar-refractivity contribution < 1.29 is 9.53 Å². The van der Waals surface area contributed by atoms with Crippen molar-refractivity contribution in [2.75, 3.05) is 25.6 Å². The highest BCUT2D eigenvalue weighted by molar-refractivity contribution is 5.84. The van der Waals surface area contributed by atoms with Crippen LogP contribution in [0.3, 0.4) is 0 Å². The molecule has 0 fully saturated rings. The molecule has 0 aliphatic heterocycles. The monoisotopic (exact) mass is 264 g/mol. The van der Waals surface area contributed by atoms with Crippen molar-refractivity contribution in [2.24, 2.45) is 0 Å². The highest BCUT2D eigenvalue weighted by Gasteiger charge is 2.14. The molecule has 2 heterocycles. The first kappa shape index (κ1) is 13.2. The molecule has 0 saturated heterocycles. The molecule has 2 N–H and O–H groups in total. The van der Waals surface area contributed by atoms with Gasteiger partial charge in [0.25, 0.3) is 0 Å². The smallest absolute Gasteiger partial charge is 0.242 e. The zero-order valence-corrected chi connectivity index (χ0v) is 10.8. The first-order chi connectivity index (χ1) is 9.22. The summed E-state index contributed by atoms with van der Waals surface area (Å²) in [4.78, 5) is 16.0. The molecule has 19 heavy (non-hydrogen) atoms. The van der Waals surface area contributed by atoms with Gasteiger partial charge in [0.05, 0.1) is 6.61 Å². The number of hydrogen-bond acceptors (Lipinski definition) is 6. The van der Waals surface area contributed by atoms with Gasteiger partial charge in [0.15, 0.2) is 5.82 Å². The van der Waals surface area contributed by atoms with E-state index in [4.69, 9.17) is 4.74 Å². The highest BCUT2D eigenvalue weighted by Crippen LogP contribution is 2.10. The topological polar surface area (TPSA) is 93.4 Å². The number of aromatic nitrogens is 4. The Hall–Kier alpha value is -2.22. The zero-order valence-electron chi connectivity index (χ0n) is 10.8. The van der Waals surface area contributed by atoms with Crippen LogP contribution in [-0.4, -0.2) is 51.8 Å². The summed E-state index contributed by atoms with van der Waals surface area (Å²) in [5, 5.41) is 13.5. The summed E-state index contributed by atoms with van der Waals surface area (Å²) in [6.07, 6.45) is 4.93. The van der Waals surface area contributed by atoms with E-state index in [0.717, 1.165) is 0 Å². The molecule has 0 aromatic carbocycles. The second-order valence-corrected chi connectivity index (χ2v) is 3.99. The normalized spacial score (nSPS) is 12.3. The van der Waals surface area contributed by atoms with Crippen LogP contribution in [0.4, 0.5) is 5.82 Å². The van der Waals surface area contributed by atoms with Crippen molar-refractivity contribution in [1.29, 1.82) is 0 Å². The Labute approximate surface area is 110 Å². The standard InChI is InChI=1S/C11H16N6O2/c1-8(11(18)13-4-6-19-2)15-9-10-16-14-7-17(10)5-3-12-9/h3,5,7-8H,4,6H2,1-2H3,(H,12,15)(H,13,18). The maximum Gasteiger partial charge on any atom is 0.242 e. The summed E-state index contributed by atoms with van der Waals surface area (Å²) in [5.41, 5.74) is 0.582. The molecule has 0 aliphatic carbocycles. The summed E-state index contributed by atoms with van der Waals surface area (Å²) in [6.45, 7) is 2.71. The van der Waals surface area contributed by atoms with Crippen molar-refractivity contribution >= 4 is 17.4 Å². The van der Waals surface area contributed by atoms with Gasteiger partial charge in [0, 0.05) is 26.0 Å². The van der Waals surface area contributed by atoms with Gasteiger partial charge in [0.1, 0.15) is 12.4 Å². The van der Waals surface area contributed by atoms with E-state index >= 15 is 0 Å². The van der Waals surface area contributed by atoms with Gasteiger partial charge in [0.2, 0.25) is 11.6 Å². The first-order valence-electron chi connectivity index (χ1n) is 5.90. The number of nitrogens with zero attached hydrogens (tertiary/aromatic N) is 4. The third kappa shape index (κ3) is 3.16. The average Bonchev–Trinajstić information content (AvgIpc) is 2.88. The molecule has 8 nitrogen and oxygen atoms in total. The lowest BCUT2D eigenvalue weighted by Crippen LogP contribution is -2.39. The van der Waals surface area contributed by atoms with Gasteiger partial charge in [-0.25, -0.2) is 4.98 Å². The average molecular weight is 264 g/mol. The van der Waals surface area contributed by atoms with Crippen LogP contribution in [0.1, 0.15) is 6.92 Å². The van der Waals surface area contributed by atoms with Crippen molar-refractivity contribution in [3.63, 3.8) is 0 Å². The van der Waals surface area contributed by atoms with E-state index in [-0.39, 0.29) is 5.91 Å². The molecule has 2 aromatic rings. The van der Waals surface area contributed by atoms with Crippen LogP contribution in [-0.2, 0) is 9.53 Å². The molecule has 2 aromatic heterocycles. The van der Waals surface area contributed by atoms with Crippen LogP contribution >= 0.6 is 0 Å². The van der Waals surface area contributed by atoms with E-state index in [9.17, 15) is 4.79 Å². The molecule has 8 heteroatoms. The largest absolute Gasteiger partial charge is 0.383 e. The molecule has 1 unspecified atom stereocenters. The van der Waals surface area contributed by atoms with Crippen LogP contribution < -0.4 is 10.6 Å². The summed E-state index contributed by atoms with van der Waals surface area (Å²) >= 11 is 0.